The molecule has 1 N–H and O–H groups in total. The SMILES string of the molecule is CC(C)=CCCC(C)=CCC12CC(CC=C(C)C)C(C)(C)C(C(=O)c3ccccc3)(C(=O)C3=C1OC(C(C)(C)O)C3)C2=O. The van der Waals surface area contributed by atoms with Crippen LogP contribution in [0, 0.1) is 22.2 Å². The zero-order chi connectivity index (χ0) is 32.0. The molecule has 1 aromatic rings. The Kier molecular flexibility index (Phi) is 9.02. The molecule has 43 heavy (non-hydrogen) atoms. The summed E-state index contributed by atoms with van der Waals surface area (Å²) in [6.45, 7) is 17.5. The Balaban J connectivity index is 1.98. The van der Waals surface area contributed by atoms with Gasteiger partial charge in [0.15, 0.2) is 22.8 Å². The van der Waals surface area contributed by atoms with E-state index in [0.717, 1.165) is 24.0 Å². The Hall–Kier alpha value is -3.05. The smallest absolute Gasteiger partial charge is 0.184 e. The molecule has 2 bridgehead atoms. The van der Waals surface area contributed by atoms with E-state index in [0.29, 0.717) is 36.2 Å². The molecule has 4 unspecified atom stereocenters. The van der Waals surface area contributed by atoms with Crippen LogP contribution in [0.1, 0.15) is 111 Å². The Bertz CT molecular complexity index is 1410. The van der Waals surface area contributed by atoms with Crippen LogP contribution in [-0.2, 0) is 14.3 Å². The van der Waals surface area contributed by atoms with Gasteiger partial charge in [-0.05, 0) is 91.9 Å². The number of carbonyl (C=O) groups is 3. The standard InChI is InChI=1S/C38H50O5/c1-24(2)14-13-15-26(5)20-21-37-23-28(19-18-25(3)4)35(6,7)38(34(37)41,31(39)27-16-11-10-12-17-27)32(40)29-22-30(36(8,9)42)43-33(29)37/h10-12,14,16-18,20,28,30,42H,13,15,19,21-23H2,1-9H3. The van der Waals surface area contributed by atoms with Crippen LogP contribution >= 0.6 is 0 Å². The molecule has 1 aromatic carbocycles. The van der Waals surface area contributed by atoms with Crippen molar-refractivity contribution < 1.29 is 24.2 Å². The molecule has 4 rings (SSSR count). The van der Waals surface area contributed by atoms with Gasteiger partial charge in [0.25, 0.3) is 0 Å². The van der Waals surface area contributed by atoms with Crippen LogP contribution in [-0.4, -0.2) is 34.2 Å². The maximum atomic E-state index is 15.3. The number of Topliss-reactive ketones (excluding diaryl/α,β-unsaturated/α-hetero) is 3. The van der Waals surface area contributed by atoms with E-state index in [9.17, 15) is 14.7 Å². The number of ketones is 3. The molecule has 1 fully saturated rings. The van der Waals surface area contributed by atoms with Crippen molar-refractivity contribution in [3.63, 3.8) is 0 Å². The molecule has 1 heterocycles. The molecule has 0 aromatic heterocycles. The van der Waals surface area contributed by atoms with Gasteiger partial charge >= 0.3 is 0 Å². The number of allylic oxidation sites excluding steroid dienone is 7. The number of benzene rings is 1. The van der Waals surface area contributed by atoms with Crippen LogP contribution in [0.3, 0.4) is 0 Å². The minimum Gasteiger partial charge on any atom is -0.490 e. The maximum Gasteiger partial charge on any atom is 0.184 e. The highest BCUT2D eigenvalue weighted by Crippen LogP contribution is 2.67. The van der Waals surface area contributed by atoms with Gasteiger partial charge in [0.05, 0.1) is 11.0 Å². The summed E-state index contributed by atoms with van der Waals surface area (Å²) in [7, 11) is 0. The Morgan fingerprint density at radius 1 is 1.00 bits per heavy atom. The van der Waals surface area contributed by atoms with Gasteiger partial charge in [-0.3, -0.25) is 14.4 Å². The molecule has 232 valence electrons. The van der Waals surface area contributed by atoms with Crippen LogP contribution in [0.5, 0.6) is 0 Å². The van der Waals surface area contributed by atoms with E-state index in [1.165, 1.54) is 5.57 Å². The normalized spacial score (nSPS) is 28.3. The van der Waals surface area contributed by atoms with Gasteiger partial charge in [-0.1, -0.05) is 79.1 Å². The molecule has 0 amide bonds. The Morgan fingerprint density at radius 2 is 1.63 bits per heavy atom. The molecule has 5 nitrogen and oxygen atoms in total. The summed E-state index contributed by atoms with van der Waals surface area (Å²) in [6, 6.07) is 8.79. The van der Waals surface area contributed by atoms with Gasteiger partial charge in [-0.15, -0.1) is 0 Å². The maximum absolute atomic E-state index is 15.3. The third kappa shape index (κ3) is 5.54. The summed E-state index contributed by atoms with van der Waals surface area (Å²) in [6.07, 6.45) is 9.19. The lowest BCUT2D eigenvalue weighted by Gasteiger charge is -2.59. The molecule has 3 aliphatic rings. The van der Waals surface area contributed by atoms with Crippen molar-refractivity contribution in [2.24, 2.45) is 22.2 Å². The first-order chi connectivity index (χ1) is 20.0. The first-order valence-corrected chi connectivity index (χ1v) is 15.7. The highest BCUT2D eigenvalue weighted by molar-refractivity contribution is 6.36. The monoisotopic (exact) mass is 586 g/mol. The van der Waals surface area contributed by atoms with Crippen LogP contribution < -0.4 is 0 Å². The molecular weight excluding hydrogens is 536 g/mol. The summed E-state index contributed by atoms with van der Waals surface area (Å²) >= 11 is 0. The lowest BCUT2D eigenvalue weighted by atomic mass is 9.39. The lowest BCUT2D eigenvalue weighted by Crippen LogP contribution is -2.69. The summed E-state index contributed by atoms with van der Waals surface area (Å²) in [5.74, 6) is -0.977. The molecular formula is C38H50O5. The van der Waals surface area contributed by atoms with Gasteiger partial charge in [-0.2, -0.15) is 0 Å². The zero-order valence-corrected chi connectivity index (χ0v) is 27.6. The molecule has 0 radical (unpaired) electrons. The van der Waals surface area contributed by atoms with Crippen LogP contribution in [0.15, 0.2) is 76.6 Å². The molecule has 1 saturated carbocycles. The Labute approximate surface area is 258 Å². The number of hydrogen-bond donors (Lipinski definition) is 1. The fourth-order valence-corrected chi connectivity index (χ4v) is 7.44. The third-order valence-corrected chi connectivity index (χ3v) is 10.2. The second kappa shape index (κ2) is 11.8. The summed E-state index contributed by atoms with van der Waals surface area (Å²) in [5, 5.41) is 11.0. The minimum absolute atomic E-state index is 0.144. The third-order valence-electron chi connectivity index (χ3n) is 10.2. The quantitative estimate of drug-likeness (QED) is 0.169. The highest BCUT2D eigenvalue weighted by Gasteiger charge is 2.76. The number of rotatable bonds is 10. The number of aliphatic hydroxyl groups is 1. The van der Waals surface area contributed by atoms with Gasteiger partial charge in [0, 0.05) is 17.6 Å². The van der Waals surface area contributed by atoms with Crippen molar-refractivity contribution >= 4 is 17.3 Å². The van der Waals surface area contributed by atoms with E-state index in [1.54, 1.807) is 38.1 Å². The van der Waals surface area contributed by atoms with Crippen LogP contribution in [0.25, 0.3) is 0 Å². The molecule has 0 saturated heterocycles. The first-order valence-electron chi connectivity index (χ1n) is 15.7. The average Bonchev–Trinajstić information content (AvgIpc) is 3.39. The fourth-order valence-electron chi connectivity index (χ4n) is 7.44. The molecule has 5 heteroatoms. The number of hydrogen-bond acceptors (Lipinski definition) is 5. The van der Waals surface area contributed by atoms with Crippen molar-refractivity contribution in [2.75, 3.05) is 0 Å². The Morgan fingerprint density at radius 3 is 2.21 bits per heavy atom. The molecule has 0 spiro atoms. The average molecular weight is 587 g/mol. The number of ether oxygens (including phenoxy) is 1. The summed E-state index contributed by atoms with van der Waals surface area (Å²) in [5.41, 5.74) is -0.937. The van der Waals surface area contributed by atoms with Crippen molar-refractivity contribution in [1.29, 1.82) is 0 Å². The summed E-state index contributed by atoms with van der Waals surface area (Å²) < 4.78 is 6.50. The predicted octanol–water partition coefficient (Wildman–Crippen LogP) is 8.29. The molecule has 2 aliphatic carbocycles. The highest BCUT2D eigenvalue weighted by atomic mass is 16.5. The van der Waals surface area contributed by atoms with E-state index in [-0.39, 0.29) is 18.1 Å². The molecule has 4 atom stereocenters. The van der Waals surface area contributed by atoms with Crippen molar-refractivity contribution in [1.82, 2.24) is 0 Å². The fraction of sp³-hybridized carbons (Fsp3) is 0.553. The largest absolute Gasteiger partial charge is 0.490 e. The van der Waals surface area contributed by atoms with E-state index in [4.69, 9.17) is 4.74 Å². The van der Waals surface area contributed by atoms with E-state index in [1.807, 2.05) is 33.8 Å². The topological polar surface area (TPSA) is 80.7 Å². The van der Waals surface area contributed by atoms with Crippen molar-refractivity contribution in [3.05, 3.63) is 82.2 Å². The number of fused-ring (bicyclic) bond motifs is 3. The molecule has 1 aliphatic heterocycles. The summed E-state index contributed by atoms with van der Waals surface area (Å²) in [4.78, 5) is 45.1. The first kappa shape index (κ1) is 32.9. The minimum atomic E-state index is -1.90. The number of carbonyl (C=O) groups excluding carboxylic acids is 3. The lowest BCUT2D eigenvalue weighted by molar-refractivity contribution is -0.166. The van der Waals surface area contributed by atoms with E-state index >= 15 is 4.79 Å². The van der Waals surface area contributed by atoms with E-state index in [2.05, 4.69) is 39.0 Å². The zero-order valence-electron chi connectivity index (χ0n) is 27.6. The van der Waals surface area contributed by atoms with E-state index < -0.39 is 39.5 Å². The van der Waals surface area contributed by atoms with Gasteiger partial charge in [0.1, 0.15) is 11.9 Å². The van der Waals surface area contributed by atoms with Crippen molar-refractivity contribution in [3.8, 4) is 0 Å². The van der Waals surface area contributed by atoms with Crippen LogP contribution in [0.4, 0.5) is 0 Å². The van der Waals surface area contributed by atoms with Crippen molar-refractivity contribution in [2.45, 2.75) is 113 Å². The predicted molar refractivity (Wildman–Crippen MR) is 171 cm³/mol. The second-order valence-electron chi connectivity index (χ2n) is 14.7. The van der Waals surface area contributed by atoms with Gasteiger partial charge < -0.3 is 9.84 Å². The van der Waals surface area contributed by atoms with Gasteiger partial charge in [-0.25, -0.2) is 0 Å². The second-order valence-corrected chi connectivity index (χ2v) is 14.7. The van der Waals surface area contributed by atoms with Gasteiger partial charge in [0.2, 0.25) is 0 Å². The van der Waals surface area contributed by atoms with Crippen LogP contribution in [0.2, 0.25) is 0 Å².